The maximum absolute atomic E-state index is 12.2. The van der Waals surface area contributed by atoms with E-state index >= 15 is 0 Å². The number of imidazole rings is 1. The number of benzene rings is 1. The molecule has 1 amide bonds. The molecule has 3 aromatic rings. The summed E-state index contributed by atoms with van der Waals surface area (Å²) in [4.78, 5) is 18.4. The molecule has 0 radical (unpaired) electrons. The second kappa shape index (κ2) is 6.17. The summed E-state index contributed by atoms with van der Waals surface area (Å²) < 4.78 is 1.98. The van der Waals surface area contributed by atoms with Crippen LogP contribution in [0.3, 0.4) is 0 Å². The van der Waals surface area contributed by atoms with Crippen LogP contribution >= 0.6 is 11.8 Å². The van der Waals surface area contributed by atoms with Gasteiger partial charge in [0.2, 0.25) is 5.91 Å². The number of para-hydroxylation sites is 2. The maximum Gasteiger partial charge on any atom is 0.235 e. The predicted molar refractivity (Wildman–Crippen MR) is 96.2 cm³/mol. The van der Waals surface area contributed by atoms with Gasteiger partial charge in [0.15, 0.2) is 5.65 Å². The summed E-state index contributed by atoms with van der Waals surface area (Å²) >= 11 is 1.48. The third kappa shape index (κ3) is 2.61. The van der Waals surface area contributed by atoms with Crippen LogP contribution in [0.4, 0.5) is 0 Å². The molecule has 6 heteroatoms. The van der Waals surface area contributed by atoms with Crippen molar-refractivity contribution in [3.05, 3.63) is 41.5 Å². The first-order valence-corrected chi connectivity index (χ1v) is 8.50. The van der Waals surface area contributed by atoms with E-state index in [0.717, 1.165) is 21.6 Å². The zero-order valence-corrected chi connectivity index (χ0v) is 14.9. The molecule has 2 aromatic heterocycles. The van der Waals surface area contributed by atoms with Crippen LogP contribution < -0.4 is 0 Å². The predicted octanol–water partition coefficient (Wildman–Crippen LogP) is 3.24. The number of rotatable bonds is 3. The lowest BCUT2D eigenvalue weighted by molar-refractivity contribution is -0.127. The van der Waals surface area contributed by atoms with Gasteiger partial charge in [-0.2, -0.15) is 5.26 Å². The van der Waals surface area contributed by atoms with Crippen molar-refractivity contribution in [3.63, 3.8) is 0 Å². The van der Waals surface area contributed by atoms with Gasteiger partial charge in [-0.05, 0) is 37.6 Å². The smallest absolute Gasteiger partial charge is 0.235 e. The number of aryl methyl sites for hydroxylation is 1. The van der Waals surface area contributed by atoms with Crippen molar-refractivity contribution in [2.45, 2.75) is 24.1 Å². The molecule has 5 nitrogen and oxygen atoms in total. The Morgan fingerprint density at radius 2 is 2.08 bits per heavy atom. The van der Waals surface area contributed by atoms with Gasteiger partial charge in [-0.15, -0.1) is 0 Å². The molecule has 0 aliphatic rings. The highest BCUT2D eigenvalue weighted by Gasteiger charge is 2.21. The SMILES string of the molecule is Cc1cc(S[C@@H](C)C(=O)N(C)C)n2c(nc3ccccc32)c1C#N. The Morgan fingerprint density at radius 3 is 2.75 bits per heavy atom. The lowest BCUT2D eigenvalue weighted by Crippen LogP contribution is -2.29. The third-order valence-electron chi connectivity index (χ3n) is 3.94. The van der Waals surface area contributed by atoms with Crippen molar-refractivity contribution in [2.24, 2.45) is 0 Å². The molecule has 2 heterocycles. The number of pyridine rings is 1. The molecule has 1 atom stereocenters. The highest BCUT2D eigenvalue weighted by atomic mass is 32.2. The molecule has 1 aromatic carbocycles. The number of aromatic nitrogens is 2. The monoisotopic (exact) mass is 338 g/mol. The molecule has 122 valence electrons. The molecule has 0 aliphatic heterocycles. The lowest BCUT2D eigenvalue weighted by Gasteiger charge is -2.17. The number of thioether (sulfide) groups is 1. The Bertz CT molecular complexity index is 984. The van der Waals surface area contributed by atoms with E-state index in [1.807, 2.05) is 48.6 Å². The van der Waals surface area contributed by atoms with Crippen LogP contribution in [0.15, 0.2) is 35.4 Å². The number of nitriles is 1. The number of hydrogen-bond acceptors (Lipinski definition) is 4. The normalized spacial score (nSPS) is 12.3. The minimum Gasteiger partial charge on any atom is -0.348 e. The van der Waals surface area contributed by atoms with Crippen LogP contribution in [0.1, 0.15) is 18.1 Å². The summed E-state index contributed by atoms with van der Waals surface area (Å²) in [6.07, 6.45) is 0. The first-order chi connectivity index (χ1) is 11.4. The molecule has 0 saturated heterocycles. The minimum atomic E-state index is -0.225. The lowest BCUT2D eigenvalue weighted by atomic mass is 10.2. The van der Waals surface area contributed by atoms with E-state index in [-0.39, 0.29) is 11.2 Å². The first-order valence-electron chi connectivity index (χ1n) is 7.62. The standard InChI is InChI=1S/C18H18N4OS/c1-11-9-16(24-12(2)18(23)21(3)4)22-15-8-6-5-7-14(15)20-17(22)13(11)10-19/h5-9,12H,1-4H3/t12-/m0/s1. The molecule has 0 bridgehead atoms. The van der Waals surface area contributed by atoms with Gasteiger partial charge in [0.1, 0.15) is 6.07 Å². The summed E-state index contributed by atoms with van der Waals surface area (Å²) in [5.41, 5.74) is 3.86. The van der Waals surface area contributed by atoms with E-state index in [1.54, 1.807) is 19.0 Å². The summed E-state index contributed by atoms with van der Waals surface area (Å²) in [7, 11) is 3.51. The fourth-order valence-corrected chi connectivity index (χ4v) is 3.94. The van der Waals surface area contributed by atoms with Crippen molar-refractivity contribution in [2.75, 3.05) is 14.1 Å². The van der Waals surface area contributed by atoms with Crippen LogP contribution in [-0.4, -0.2) is 39.5 Å². The van der Waals surface area contributed by atoms with Crippen LogP contribution in [0.5, 0.6) is 0 Å². The molecule has 0 aliphatic carbocycles. The van der Waals surface area contributed by atoms with Gasteiger partial charge >= 0.3 is 0 Å². The number of amides is 1. The van der Waals surface area contributed by atoms with Crippen LogP contribution in [-0.2, 0) is 4.79 Å². The molecule has 0 spiro atoms. The number of hydrogen-bond donors (Lipinski definition) is 0. The van der Waals surface area contributed by atoms with E-state index in [1.165, 1.54) is 11.8 Å². The second-order valence-corrected chi connectivity index (χ2v) is 7.27. The summed E-state index contributed by atoms with van der Waals surface area (Å²) in [6.45, 7) is 3.80. The Labute approximate surface area is 144 Å². The molecule has 24 heavy (non-hydrogen) atoms. The molecule has 0 saturated carbocycles. The molecular weight excluding hydrogens is 320 g/mol. The van der Waals surface area contributed by atoms with Crippen molar-refractivity contribution in [1.82, 2.24) is 14.3 Å². The number of carbonyl (C=O) groups is 1. The number of fused-ring (bicyclic) bond motifs is 3. The first kappa shape index (κ1) is 16.3. The fourth-order valence-electron chi connectivity index (χ4n) is 2.74. The summed E-state index contributed by atoms with van der Waals surface area (Å²) in [5.74, 6) is 0.0552. The van der Waals surface area contributed by atoms with Crippen molar-refractivity contribution >= 4 is 34.3 Å². The minimum absolute atomic E-state index is 0.0552. The molecule has 0 unspecified atom stereocenters. The van der Waals surface area contributed by atoms with Crippen molar-refractivity contribution in [1.29, 1.82) is 5.26 Å². The van der Waals surface area contributed by atoms with Gasteiger partial charge in [-0.25, -0.2) is 4.98 Å². The fraction of sp³-hybridized carbons (Fsp3) is 0.278. The van der Waals surface area contributed by atoms with Crippen LogP contribution in [0.25, 0.3) is 16.7 Å². The van der Waals surface area contributed by atoms with Crippen LogP contribution in [0.2, 0.25) is 0 Å². The number of carbonyl (C=O) groups excluding carboxylic acids is 1. The summed E-state index contributed by atoms with van der Waals surface area (Å²) in [5, 5.41) is 10.2. The Morgan fingerprint density at radius 1 is 1.38 bits per heavy atom. The van der Waals surface area contributed by atoms with Crippen molar-refractivity contribution < 1.29 is 4.79 Å². The van der Waals surface area contributed by atoms with E-state index < -0.39 is 0 Å². The maximum atomic E-state index is 12.2. The van der Waals surface area contributed by atoms with E-state index in [4.69, 9.17) is 0 Å². The highest BCUT2D eigenvalue weighted by molar-refractivity contribution is 8.00. The van der Waals surface area contributed by atoms with Gasteiger partial charge in [0.25, 0.3) is 0 Å². The van der Waals surface area contributed by atoms with Gasteiger partial charge in [-0.3, -0.25) is 9.20 Å². The zero-order valence-electron chi connectivity index (χ0n) is 14.1. The van der Waals surface area contributed by atoms with Crippen molar-refractivity contribution in [3.8, 4) is 6.07 Å². The molecule has 3 rings (SSSR count). The van der Waals surface area contributed by atoms with E-state index in [2.05, 4.69) is 11.1 Å². The van der Waals surface area contributed by atoms with Gasteiger partial charge in [0.05, 0.1) is 26.9 Å². The Kier molecular flexibility index (Phi) is 4.20. The zero-order chi connectivity index (χ0) is 17.4. The van der Waals surface area contributed by atoms with E-state index in [0.29, 0.717) is 11.2 Å². The topological polar surface area (TPSA) is 61.4 Å². The average molecular weight is 338 g/mol. The van der Waals surface area contributed by atoms with Gasteiger partial charge < -0.3 is 4.90 Å². The van der Waals surface area contributed by atoms with E-state index in [9.17, 15) is 10.1 Å². The highest BCUT2D eigenvalue weighted by Crippen LogP contribution is 2.31. The molecule has 0 N–H and O–H groups in total. The third-order valence-corrected chi connectivity index (χ3v) is 5.03. The van der Waals surface area contributed by atoms with Gasteiger partial charge in [0, 0.05) is 14.1 Å². The van der Waals surface area contributed by atoms with Crippen LogP contribution in [0, 0.1) is 18.3 Å². The van der Waals surface area contributed by atoms with Gasteiger partial charge in [-0.1, -0.05) is 23.9 Å². The average Bonchev–Trinajstić information content (AvgIpc) is 2.93. The molecule has 0 fully saturated rings. The second-order valence-electron chi connectivity index (χ2n) is 5.90. The summed E-state index contributed by atoms with van der Waals surface area (Å²) in [6, 6.07) is 12.0. The molecular formula is C18H18N4OS. The Hall–Kier alpha value is -2.52. The Balaban J connectivity index is 2.24. The quantitative estimate of drug-likeness (QED) is 0.688. The largest absolute Gasteiger partial charge is 0.348 e. The number of nitrogens with zero attached hydrogens (tertiary/aromatic N) is 4.